The molecule has 94 valence electrons. The molecule has 2 amide bonds. The van der Waals surface area contributed by atoms with E-state index in [0.29, 0.717) is 6.42 Å². The SMILES string of the molecule is CCC[C@H](C(=O)O)N1C(=O)c2ccccc2C1=O. The van der Waals surface area contributed by atoms with Gasteiger partial charge in [0, 0.05) is 0 Å². The average Bonchev–Trinajstić information content (AvgIpc) is 2.60. The lowest BCUT2D eigenvalue weighted by Crippen LogP contribution is -2.44. The van der Waals surface area contributed by atoms with Crippen LogP contribution in [0.5, 0.6) is 0 Å². The van der Waals surface area contributed by atoms with Gasteiger partial charge in [-0.25, -0.2) is 4.79 Å². The molecule has 0 saturated carbocycles. The first-order valence-electron chi connectivity index (χ1n) is 5.77. The standard InChI is InChI=1S/C13H13NO4/c1-2-5-10(13(17)18)14-11(15)8-6-3-4-7-9(8)12(14)16/h3-4,6-7,10H,2,5H2,1H3,(H,17,18)/t10-/m1/s1. The first-order chi connectivity index (χ1) is 8.57. The van der Waals surface area contributed by atoms with E-state index in [0.717, 1.165) is 4.90 Å². The molecule has 1 heterocycles. The third kappa shape index (κ3) is 1.77. The Morgan fingerprint density at radius 3 is 2.11 bits per heavy atom. The predicted octanol–water partition coefficient (Wildman–Crippen LogP) is 1.54. The van der Waals surface area contributed by atoms with Gasteiger partial charge in [-0.1, -0.05) is 25.5 Å². The molecule has 1 aromatic carbocycles. The van der Waals surface area contributed by atoms with Gasteiger partial charge in [-0.15, -0.1) is 0 Å². The minimum atomic E-state index is -1.15. The lowest BCUT2D eigenvalue weighted by molar-refractivity contribution is -0.141. The number of rotatable bonds is 4. The third-order valence-corrected chi connectivity index (χ3v) is 2.98. The summed E-state index contributed by atoms with van der Waals surface area (Å²) in [7, 11) is 0. The van der Waals surface area contributed by atoms with Gasteiger partial charge >= 0.3 is 5.97 Å². The summed E-state index contributed by atoms with van der Waals surface area (Å²) in [6.07, 6.45) is 0.852. The molecule has 1 atom stereocenters. The van der Waals surface area contributed by atoms with Crippen molar-refractivity contribution in [3.05, 3.63) is 35.4 Å². The minimum absolute atomic E-state index is 0.265. The third-order valence-electron chi connectivity index (χ3n) is 2.98. The second-order valence-electron chi connectivity index (χ2n) is 4.17. The van der Waals surface area contributed by atoms with E-state index in [1.54, 1.807) is 24.3 Å². The fraction of sp³-hybridized carbons (Fsp3) is 0.308. The lowest BCUT2D eigenvalue weighted by atomic mass is 10.1. The van der Waals surface area contributed by atoms with Crippen molar-refractivity contribution in [2.45, 2.75) is 25.8 Å². The summed E-state index contributed by atoms with van der Waals surface area (Å²) in [5.74, 6) is -2.18. The monoisotopic (exact) mass is 247 g/mol. The van der Waals surface area contributed by atoms with Crippen molar-refractivity contribution < 1.29 is 19.5 Å². The number of carbonyl (C=O) groups excluding carboxylic acids is 2. The van der Waals surface area contributed by atoms with Crippen LogP contribution < -0.4 is 0 Å². The first-order valence-corrected chi connectivity index (χ1v) is 5.77. The van der Waals surface area contributed by atoms with Crippen LogP contribution in [0.2, 0.25) is 0 Å². The summed E-state index contributed by atoms with van der Waals surface area (Å²) in [5.41, 5.74) is 0.565. The van der Waals surface area contributed by atoms with Gasteiger partial charge in [0.25, 0.3) is 11.8 Å². The summed E-state index contributed by atoms with van der Waals surface area (Å²) < 4.78 is 0. The summed E-state index contributed by atoms with van der Waals surface area (Å²) in [6, 6.07) is 5.31. The zero-order chi connectivity index (χ0) is 13.3. The summed E-state index contributed by atoms with van der Waals surface area (Å²) in [6.45, 7) is 1.81. The maximum Gasteiger partial charge on any atom is 0.326 e. The Balaban J connectivity index is 2.41. The maximum absolute atomic E-state index is 12.1. The van der Waals surface area contributed by atoms with E-state index in [2.05, 4.69) is 0 Å². The van der Waals surface area contributed by atoms with E-state index in [9.17, 15) is 14.4 Å². The van der Waals surface area contributed by atoms with Gasteiger partial charge in [0.1, 0.15) is 6.04 Å². The molecule has 5 nitrogen and oxygen atoms in total. The van der Waals surface area contributed by atoms with Gasteiger partial charge in [0.2, 0.25) is 0 Å². The van der Waals surface area contributed by atoms with Crippen LogP contribution in [-0.4, -0.2) is 33.8 Å². The van der Waals surface area contributed by atoms with Crippen molar-refractivity contribution in [1.82, 2.24) is 4.90 Å². The molecule has 0 bridgehead atoms. The molecule has 5 heteroatoms. The predicted molar refractivity (Wildman–Crippen MR) is 63.3 cm³/mol. The normalized spacial score (nSPS) is 15.7. The second kappa shape index (κ2) is 4.60. The molecule has 18 heavy (non-hydrogen) atoms. The van der Waals surface area contributed by atoms with Crippen molar-refractivity contribution in [2.75, 3.05) is 0 Å². The van der Waals surface area contributed by atoms with Crippen LogP contribution in [0.4, 0.5) is 0 Å². The van der Waals surface area contributed by atoms with Crippen molar-refractivity contribution in [2.24, 2.45) is 0 Å². The lowest BCUT2D eigenvalue weighted by Gasteiger charge is -2.21. The number of fused-ring (bicyclic) bond motifs is 1. The average molecular weight is 247 g/mol. The van der Waals surface area contributed by atoms with Crippen LogP contribution in [0, 0.1) is 0 Å². The van der Waals surface area contributed by atoms with Crippen LogP contribution in [-0.2, 0) is 4.79 Å². The molecule has 0 aliphatic carbocycles. The number of carbonyl (C=O) groups is 3. The highest BCUT2D eigenvalue weighted by molar-refractivity contribution is 6.22. The van der Waals surface area contributed by atoms with E-state index in [1.807, 2.05) is 6.92 Å². The van der Waals surface area contributed by atoms with Crippen LogP contribution in [0.1, 0.15) is 40.5 Å². The zero-order valence-corrected chi connectivity index (χ0v) is 9.92. The summed E-state index contributed by atoms with van der Waals surface area (Å²) in [5, 5.41) is 9.13. The Hall–Kier alpha value is -2.17. The molecule has 0 aromatic heterocycles. The van der Waals surface area contributed by atoms with Crippen LogP contribution in [0.3, 0.4) is 0 Å². The van der Waals surface area contributed by atoms with E-state index in [4.69, 9.17) is 5.11 Å². The molecule has 0 saturated heterocycles. The number of aliphatic carboxylic acids is 1. The van der Waals surface area contributed by atoms with E-state index in [1.165, 1.54) is 0 Å². The first kappa shape index (κ1) is 12.3. The molecule has 0 spiro atoms. The number of benzene rings is 1. The van der Waals surface area contributed by atoms with Crippen LogP contribution >= 0.6 is 0 Å². The number of hydrogen-bond donors (Lipinski definition) is 1. The zero-order valence-electron chi connectivity index (χ0n) is 9.92. The maximum atomic E-state index is 12.1. The van der Waals surface area contributed by atoms with E-state index < -0.39 is 23.8 Å². The fourth-order valence-corrected chi connectivity index (χ4v) is 2.13. The Bertz CT molecular complexity index is 488. The highest BCUT2D eigenvalue weighted by Gasteiger charge is 2.42. The number of amides is 2. The highest BCUT2D eigenvalue weighted by Crippen LogP contribution is 2.25. The number of carboxylic acids is 1. The molecule has 0 unspecified atom stereocenters. The number of carboxylic acid groups (broad SMARTS) is 1. The van der Waals surface area contributed by atoms with Gasteiger partial charge in [0.15, 0.2) is 0 Å². The van der Waals surface area contributed by atoms with E-state index >= 15 is 0 Å². The minimum Gasteiger partial charge on any atom is -0.480 e. The van der Waals surface area contributed by atoms with Crippen LogP contribution in [0.15, 0.2) is 24.3 Å². The van der Waals surface area contributed by atoms with E-state index in [-0.39, 0.29) is 17.5 Å². The Labute approximate surface area is 104 Å². The largest absolute Gasteiger partial charge is 0.480 e. The molecule has 1 aromatic rings. The molecule has 1 N–H and O–H groups in total. The Morgan fingerprint density at radius 1 is 1.22 bits per heavy atom. The van der Waals surface area contributed by atoms with Crippen molar-refractivity contribution in [1.29, 1.82) is 0 Å². The fourth-order valence-electron chi connectivity index (χ4n) is 2.13. The van der Waals surface area contributed by atoms with Gasteiger partial charge in [-0.3, -0.25) is 14.5 Å². The molecule has 2 rings (SSSR count). The Kier molecular flexibility index (Phi) is 3.14. The molecule has 0 radical (unpaired) electrons. The number of imide groups is 1. The number of nitrogens with zero attached hydrogens (tertiary/aromatic N) is 1. The van der Waals surface area contributed by atoms with Gasteiger partial charge in [0.05, 0.1) is 11.1 Å². The molecule has 1 aliphatic rings. The van der Waals surface area contributed by atoms with Gasteiger partial charge in [-0.2, -0.15) is 0 Å². The van der Waals surface area contributed by atoms with Gasteiger partial charge < -0.3 is 5.11 Å². The van der Waals surface area contributed by atoms with Crippen molar-refractivity contribution >= 4 is 17.8 Å². The smallest absolute Gasteiger partial charge is 0.326 e. The van der Waals surface area contributed by atoms with Gasteiger partial charge in [-0.05, 0) is 18.6 Å². The molecular formula is C13H13NO4. The van der Waals surface area contributed by atoms with Crippen molar-refractivity contribution in [3.63, 3.8) is 0 Å². The highest BCUT2D eigenvalue weighted by atomic mass is 16.4. The second-order valence-corrected chi connectivity index (χ2v) is 4.17. The van der Waals surface area contributed by atoms with Crippen LogP contribution in [0.25, 0.3) is 0 Å². The Morgan fingerprint density at radius 2 is 1.72 bits per heavy atom. The number of hydrogen-bond acceptors (Lipinski definition) is 3. The summed E-state index contributed by atoms with van der Waals surface area (Å²) >= 11 is 0. The van der Waals surface area contributed by atoms with Crippen molar-refractivity contribution in [3.8, 4) is 0 Å². The summed E-state index contributed by atoms with van der Waals surface area (Å²) in [4.78, 5) is 36.2. The topological polar surface area (TPSA) is 74.7 Å². The molecule has 0 fully saturated rings. The molecule has 1 aliphatic heterocycles. The quantitative estimate of drug-likeness (QED) is 0.819. The molecular weight excluding hydrogens is 234 g/mol.